The molecule has 0 spiro atoms. The highest BCUT2D eigenvalue weighted by molar-refractivity contribution is 5.83. The van der Waals surface area contributed by atoms with Crippen LogP contribution in [0.2, 0.25) is 0 Å². The number of carbonyl (C=O) groups excluding carboxylic acids is 1. The zero-order valence-corrected chi connectivity index (χ0v) is 11.3. The van der Waals surface area contributed by atoms with Crippen LogP contribution in [-0.2, 0) is 4.79 Å². The second-order valence-electron chi connectivity index (χ2n) is 6.84. The average molecular weight is 250 g/mol. The van der Waals surface area contributed by atoms with E-state index in [1.165, 1.54) is 38.5 Å². The molecule has 3 N–H and O–H groups in total. The first-order valence-corrected chi connectivity index (χ1v) is 7.72. The van der Waals surface area contributed by atoms with Gasteiger partial charge in [0, 0.05) is 13.1 Å². The number of fused-ring (bicyclic) bond motifs is 2. The summed E-state index contributed by atoms with van der Waals surface area (Å²) >= 11 is 0. The molecule has 0 aliphatic heterocycles. The van der Waals surface area contributed by atoms with Gasteiger partial charge in [0.15, 0.2) is 0 Å². The van der Waals surface area contributed by atoms with E-state index >= 15 is 0 Å². The zero-order valence-electron chi connectivity index (χ0n) is 11.3. The molecule has 3 heteroatoms. The fourth-order valence-corrected chi connectivity index (χ4v) is 4.61. The SMILES string of the molecule is NCC1(C(=O)NCC2CC3CCC2C3)CCCC1. The van der Waals surface area contributed by atoms with Gasteiger partial charge in [-0.05, 0) is 49.9 Å². The van der Waals surface area contributed by atoms with Gasteiger partial charge < -0.3 is 11.1 Å². The van der Waals surface area contributed by atoms with Gasteiger partial charge in [0.05, 0.1) is 5.41 Å². The van der Waals surface area contributed by atoms with Gasteiger partial charge in [-0.15, -0.1) is 0 Å². The van der Waals surface area contributed by atoms with Gasteiger partial charge in [-0.2, -0.15) is 0 Å². The van der Waals surface area contributed by atoms with Crippen molar-refractivity contribution < 1.29 is 4.79 Å². The predicted octanol–water partition coefficient (Wildman–Crippen LogP) is 2.06. The highest BCUT2D eigenvalue weighted by atomic mass is 16.2. The Hall–Kier alpha value is -0.570. The molecule has 18 heavy (non-hydrogen) atoms. The first-order chi connectivity index (χ1) is 8.73. The maximum atomic E-state index is 12.4. The third kappa shape index (κ3) is 2.07. The Bertz CT molecular complexity index is 322. The third-order valence-electron chi connectivity index (χ3n) is 5.84. The van der Waals surface area contributed by atoms with Crippen LogP contribution in [0.25, 0.3) is 0 Å². The van der Waals surface area contributed by atoms with Gasteiger partial charge in [-0.1, -0.05) is 19.3 Å². The Morgan fingerprint density at radius 1 is 1.22 bits per heavy atom. The van der Waals surface area contributed by atoms with Crippen LogP contribution in [0.5, 0.6) is 0 Å². The Balaban J connectivity index is 1.52. The standard InChI is InChI=1S/C15H26N2O/c16-10-15(5-1-2-6-15)14(18)17-9-13-8-11-3-4-12(13)7-11/h11-13H,1-10,16H2,(H,17,18). The molecule has 3 unspecified atom stereocenters. The van der Waals surface area contributed by atoms with E-state index in [0.29, 0.717) is 6.54 Å². The maximum absolute atomic E-state index is 12.4. The monoisotopic (exact) mass is 250 g/mol. The van der Waals surface area contributed by atoms with E-state index in [1.807, 2.05) is 0 Å². The minimum Gasteiger partial charge on any atom is -0.355 e. The molecule has 3 aliphatic rings. The molecule has 2 bridgehead atoms. The summed E-state index contributed by atoms with van der Waals surface area (Å²) in [6, 6.07) is 0. The summed E-state index contributed by atoms with van der Waals surface area (Å²) < 4.78 is 0. The number of rotatable bonds is 4. The van der Waals surface area contributed by atoms with Crippen molar-refractivity contribution in [2.45, 2.75) is 51.4 Å². The summed E-state index contributed by atoms with van der Waals surface area (Å²) in [5.41, 5.74) is 5.63. The molecule has 3 rings (SSSR count). The van der Waals surface area contributed by atoms with Crippen LogP contribution in [0.1, 0.15) is 51.4 Å². The highest BCUT2D eigenvalue weighted by Gasteiger charge is 2.42. The normalized spacial score (nSPS) is 37.1. The molecule has 0 saturated heterocycles. The van der Waals surface area contributed by atoms with Crippen molar-refractivity contribution in [3.63, 3.8) is 0 Å². The van der Waals surface area contributed by atoms with E-state index in [9.17, 15) is 4.79 Å². The van der Waals surface area contributed by atoms with Crippen molar-refractivity contribution in [3.8, 4) is 0 Å². The number of carbonyl (C=O) groups is 1. The second-order valence-corrected chi connectivity index (χ2v) is 6.84. The molecule has 0 radical (unpaired) electrons. The van der Waals surface area contributed by atoms with Crippen LogP contribution in [0.3, 0.4) is 0 Å². The molecule has 0 aromatic heterocycles. The Morgan fingerprint density at radius 3 is 2.56 bits per heavy atom. The first kappa shape index (κ1) is 12.5. The zero-order chi connectivity index (χ0) is 12.6. The van der Waals surface area contributed by atoms with Gasteiger partial charge in [-0.25, -0.2) is 0 Å². The van der Waals surface area contributed by atoms with Crippen molar-refractivity contribution in [1.29, 1.82) is 0 Å². The highest BCUT2D eigenvalue weighted by Crippen LogP contribution is 2.48. The minimum absolute atomic E-state index is 0.225. The lowest BCUT2D eigenvalue weighted by atomic mass is 9.84. The van der Waals surface area contributed by atoms with Crippen molar-refractivity contribution in [2.75, 3.05) is 13.1 Å². The van der Waals surface area contributed by atoms with E-state index in [-0.39, 0.29) is 11.3 Å². The molecular weight excluding hydrogens is 224 g/mol. The lowest BCUT2D eigenvalue weighted by Gasteiger charge is -2.28. The largest absolute Gasteiger partial charge is 0.355 e. The van der Waals surface area contributed by atoms with E-state index in [2.05, 4.69) is 5.32 Å². The van der Waals surface area contributed by atoms with Gasteiger partial charge in [0.2, 0.25) is 5.91 Å². The van der Waals surface area contributed by atoms with Crippen LogP contribution < -0.4 is 11.1 Å². The van der Waals surface area contributed by atoms with E-state index in [4.69, 9.17) is 5.73 Å². The minimum atomic E-state index is -0.225. The fourth-order valence-electron chi connectivity index (χ4n) is 4.61. The Kier molecular flexibility index (Phi) is 3.35. The molecule has 3 aliphatic carbocycles. The topological polar surface area (TPSA) is 55.1 Å². The molecule has 1 amide bonds. The molecule has 3 nitrogen and oxygen atoms in total. The number of hydrogen-bond donors (Lipinski definition) is 2. The lowest BCUT2D eigenvalue weighted by Crippen LogP contribution is -2.46. The second kappa shape index (κ2) is 4.84. The molecule has 3 atom stereocenters. The third-order valence-corrected chi connectivity index (χ3v) is 5.84. The van der Waals surface area contributed by atoms with Crippen LogP contribution in [0.4, 0.5) is 0 Å². The lowest BCUT2D eigenvalue weighted by molar-refractivity contribution is -0.130. The predicted molar refractivity (Wildman–Crippen MR) is 71.9 cm³/mol. The van der Waals surface area contributed by atoms with E-state index < -0.39 is 0 Å². The van der Waals surface area contributed by atoms with E-state index in [1.54, 1.807) is 0 Å². The Morgan fingerprint density at radius 2 is 2.00 bits per heavy atom. The molecule has 102 valence electrons. The summed E-state index contributed by atoms with van der Waals surface area (Å²) in [7, 11) is 0. The molecule has 3 fully saturated rings. The summed E-state index contributed by atoms with van der Waals surface area (Å²) in [6.07, 6.45) is 9.91. The van der Waals surface area contributed by atoms with Crippen molar-refractivity contribution in [2.24, 2.45) is 28.9 Å². The molecular formula is C15H26N2O. The first-order valence-electron chi connectivity index (χ1n) is 7.72. The average Bonchev–Trinajstić information content (AvgIpc) is 3.11. The van der Waals surface area contributed by atoms with Crippen molar-refractivity contribution in [3.05, 3.63) is 0 Å². The fraction of sp³-hybridized carbons (Fsp3) is 0.933. The number of nitrogens with one attached hydrogen (secondary N) is 1. The van der Waals surface area contributed by atoms with Crippen LogP contribution >= 0.6 is 0 Å². The summed E-state index contributed by atoms with van der Waals surface area (Å²) in [5.74, 6) is 2.86. The van der Waals surface area contributed by atoms with Crippen LogP contribution in [0, 0.1) is 23.2 Å². The smallest absolute Gasteiger partial charge is 0.227 e. The van der Waals surface area contributed by atoms with Crippen molar-refractivity contribution in [1.82, 2.24) is 5.32 Å². The van der Waals surface area contributed by atoms with Gasteiger partial charge in [0.1, 0.15) is 0 Å². The summed E-state index contributed by atoms with van der Waals surface area (Å²) in [6.45, 7) is 1.43. The van der Waals surface area contributed by atoms with Gasteiger partial charge in [-0.3, -0.25) is 4.79 Å². The molecule has 0 heterocycles. The molecule has 0 aromatic carbocycles. The number of amides is 1. The van der Waals surface area contributed by atoms with Crippen LogP contribution in [-0.4, -0.2) is 19.0 Å². The van der Waals surface area contributed by atoms with Crippen LogP contribution in [0.15, 0.2) is 0 Å². The van der Waals surface area contributed by atoms with Gasteiger partial charge in [0.25, 0.3) is 0 Å². The maximum Gasteiger partial charge on any atom is 0.227 e. The molecule has 3 saturated carbocycles. The Labute approximate surface area is 110 Å². The molecule has 0 aromatic rings. The quantitative estimate of drug-likeness (QED) is 0.802. The number of nitrogens with two attached hydrogens (primary N) is 1. The van der Waals surface area contributed by atoms with E-state index in [0.717, 1.165) is 37.1 Å². The van der Waals surface area contributed by atoms with Crippen molar-refractivity contribution >= 4 is 5.91 Å². The summed E-state index contributed by atoms with van der Waals surface area (Å²) in [4.78, 5) is 12.4. The summed E-state index contributed by atoms with van der Waals surface area (Å²) in [5, 5.41) is 3.22. The number of hydrogen-bond acceptors (Lipinski definition) is 2. The van der Waals surface area contributed by atoms with Gasteiger partial charge >= 0.3 is 0 Å².